The number of nitrogens with zero attached hydrogens (tertiary/aromatic N) is 1. The molecular formula is C28H27FN2O3. The van der Waals surface area contributed by atoms with Crippen LogP contribution in [0.3, 0.4) is 0 Å². The molecule has 0 fully saturated rings. The van der Waals surface area contributed by atoms with E-state index < -0.39 is 11.7 Å². The number of amides is 1. The van der Waals surface area contributed by atoms with E-state index in [0.717, 1.165) is 10.9 Å². The third kappa shape index (κ3) is 5.17. The highest BCUT2D eigenvalue weighted by molar-refractivity contribution is 5.92. The monoisotopic (exact) mass is 458 g/mol. The van der Waals surface area contributed by atoms with Gasteiger partial charge in [-0.15, -0.1) is 0 Å². The van der Waals surface area contributed by atoms with Crippen LogP contribution in [0.25, 0.3) is 10.9 Å². The number of anilines is 1. The van der Waals surface area contributed by atoms with E-state index in [-0.39, 0.29) is 12.1 Å². The van der Waals surface area contributed by atoms with Crippen molar-refractivity contribution in [1.82, 2.24) is 4.57 Å². The summed E-state index contributed by atoms with van der Waals surface area (Å²) in [4.78, 5) is 26.3. The van der Waals surface area contributed by atoms with Gasteiger partial charge in [-0.1, -0.05) is 35.9 Å². The maximum absolute atomic E-state index is 13.9. The Balaban J connectivity index is 1.66. The van der Waals surface area contributed by atoms with E-state index in [9.17, 15) is 14.0 Å². The smallest absolute Gasteiger partial charge is 0.254 e. The van der Waals surface area contributed by atoms with Gasteiger partial charge >= 0.3 is 0 Å². The first kappa shape index (κ1) is 23.2. The van der Waals surface area contributed by atoms with E-state index in [4.69, 9.17) is 4.74 Å². The highest BCUT2D eigenvalue weighted by atomic mass is 19.1. The molecule has 5 nitrogen and oxygen atoms in total. The molecule has 34 heavy (non-hydrogen) atoms. The van der Waals surface area contributed by atoms with Gasteiger partial charge in [0.25, 0.3) is 5.56 Å². The average molecular weight is 459 g/mol. The molecular weight excluding hydrogens is 431 g/mol. The zero-order chi connectivity index (χ0) is 24.2. The third-order valence-electron chi connectivity index (χ3n) is 5.94. The predicted molar refractivity (Wildman–Crippen MR) is 133 cm³/mol. The Hall–Kier alpha value is -3.93. The van der Waals surface area contributed by atoms with Gasteiger partial charge < -0.3 is 10.1 Å². The number of aryl methyl sites for hydroxylation is 4. The molecule has 1 heterocycles. The van der Waals surface area contributed by atoms with Crippen molar-refractivity contribution in [3.63, 3.8) is 0 Å². The lowest BCUT2D eigenvalue weighted by Crippen LogP contribution is -2.30. The Morgan fingerprint density at radius 3 is 2.44 bits per heavy atom. The summed E-state index contributed by atoms with van der Waals surface area (Å²) in [6.07, 6.45) is 1.26. The summed E-state index contributed by atoms with van der Waals surface area (Å²) < 4.78 is 20.7. The molecule has 0 saturated heterocycles. The molecule has 6 heteroatoms. The molecule has 1 aromatic heterocycles. The van der Waals surface area contributed by atoms with Gasteiger partial charge in [0.2, 0.25) is 5.91 Å². The number of hydrogen-bond acceptors (Lipinski definition) is 3. The van der Waals surface area contributed by atoms with Gasteiger partial charge in [-0.2, -0.15) is 0 Å². The number of hydrogen-bond donors (Lipinski definition) is 1. The summed E-state index contributed by atoms with van der Waals surface area (Å²) in [5.41, 5.74) is 4.18. The van der Waals surface area contributed by atoms with Crippen LogP contribution in [-0.2, 0) is 24.2 Å². The topological polar surface area (TPSA) is 60.3 Å². The molecule has 0 spiro atoms. The maximum atomic E-state index is 13.9. The number of carbonyl (C=O) groups is 1. The second-order valence-corrected chi connectivity index (χ2v) is 8.48. The number of halogens is 1. The van der Waals surface area contributed by atoms with E-state index >= 15 is 0 Å². The van der Waals surface area contributed by atoms with Gasteiger partial charge in [-0.3, -0.25) is 14.2 Å². The van der Waals surface area contributed by atoms with Crippen LogP contribution in [0.1, 0.15) is 22.3 Å². The van der Waals surface area contributed by atoms with Gasteiger partial charge in [0, 0.05) is 17.3 Å². The quantitative estimate of drug-likeness (QED) is 0.415. The van der Waals surface area contributed by atoms with Gasteiger partial charge in [-0.25, -0.2) is 4.39 Å². The van der Waals surface area contributed by atoms with E-state index in [0.29, 0.717) is 40.9 Å². The number of rotatable bonds is 7. The Morgan fingerprint density at radius 1 is 0.971 bits per heavy atom. The first-order valence-electron chi connectivity index (χ1n) is 11.2. The van der Waals surface area contributed by atoms with Crippen molar-refractivity contribution < 1.29 is 13.9 Å². The molecule has 0 radical (unpaired) electrons. The number of ether oxygens (including phenoxy) is 1. The largest absolute Gasteiger partial charge is 0.497 e. The normalized spacial score (nSPS) is 10.9. The molecule has 0 aliphatic rings. The van der Waals surface area contributed by atoms with Crippen molar-refractivity contribution >= 4 is 22.5 Å². The SMILES string of the molecule is COc1ccc2cc(CCc3ccc(C)cc3)c(=O)n(CC(=O)Nc3ccc(C)c(F)c3)c2c1. The van der Waals surface area contributed by atoms with Crippen LogP contribution in [-0.4, -0.2) is 17.6 Å². The summed E-state index contributed by atoms with van der Waals surface area (Å²) in [7, 11) is 1.55. The second kappa shape index (κ2) is 9.91. The van der Waals surface area contributed by atoms with Crippen LogP contribution in [0.15, 0.2) is 71.5 Å². The van der Waals surface area contributed by atoms with Crippen molar-refractivity contribution in [2.45, 2.75) is 33.2 Å². The van der Waals surface area contributed by atoms with E-state index in [2.05, 4.69) is 29.6 Å². The Bertz CT molecular complexity index is 1410. The Kier molecular flexibility index (Phi) is 6.77. The minimum Gasteiger partial charge on any atom is -0.497 e. The summed E-state index contributed by atoms with van der Waals surface area (Å²) in [5.74, 6) is -0.220. The fourth-order valence-corrected chi connectivity index (χ4v) is 3.92. The molecule has 4 rings (SSSR count). The van der Waals surface area contributed by atoms with Gasteiger partial charge in [0.05, 0.1) is 12.6 Å². The first-order chi connectivity index (χ1) is 16.3. The summed E-state index contributed by atoms with van der Waals surface area (Å²) in [6.45, 7) is 3.49. The van der Waals surface area contributed by atoms with Crippen LogP contribution >= 0.6 is 0 Å². The number of carbonyl (C=O) groups excluding carboxylic acids is 1. The van der Waals surface area contributed by atoms with Crippen molar-refractivity contribution in [2.75, 3.05) is 12.4 Å². The number of fused-ring (bicyclic) bond motifs is 1. The average Bonchev–Trinajstić information content (AvgIpc) is 2.83. The molecule has 3 aromatic carbocycles. The number of aromatic nitrogens is 1. The molecule has 0 aliphatic heterocycles. The van der Waals surface area contributed by atoms with Crippen LogP contribution < -0.4 is 15.6 Å². The number of nitrogens with one attached hydrogen (secondary N) is 1. The summed E-state index contributed by atoms with van der Waals surface area (Å²) in [6, 6.07) is 20.1. The fraction of sp³-hybridized carbons (Fsp3) is 0.214. The zero-order valence-electron chi connectivity index (χ0n) is 19.5. The minimum absolute atomic E-state index is 0.198. The highest BCUT2D eigenvalue weighted by Crippen LogP contribution is 2.22. The Morgan fingerprint density at radius 2 is 1.74 bits per heavy atom. The number of methoxy groups -OCH3 is 1. The lowest BCUT2D eigenvalue weighted by Gasteiger charge is -2.14. The van der Waals surface area contributed by atoms with Crippen LogP contribution in [0.4, 0.5) is 10.1 Å². The molecule has 4 aromatic rings. The standard InChI is InChI=1S/C28H27FN2O3/c1-18-4-7-20(8-5-18)9-10-22-14-21-11-13-24(34-3)16-26(21)31(28(22)33)17-27(32)30-23-12-6-19(2)25(29)15-23/h4-8,11-16H,9-10,17H2,1-3H3,(H,30,32). The molecule has 0 bridgehead atoms. The molecule has 0 unspecified atom stereocenters. The number of pyridine rings is 1. The Labute approximate surface area is 197 Å². The third-order valence-corrected chi connectivity index (χ3v) is 5.94. The second-order valence-electron chi connectivity index (χ2n) is 8.48. The van der Waals surface area contributed by atoms with Crippen LogP contribution in [0.2, 0.25) is 0 Å². The highest BCUT2D eigenvalue weighted by Gasteiger charge is 2.14. The van der Waals surface area contributed by atoms with Gasteiger partial charge in [-0.05, 0) is 73.5 Å². The van der Waals surface area contributed by atoms with Crippen molar-refractivity contribution in [2.24, 2.45) is 0 Å². The minimum atomic E-state index is -0.412. The van der Waals surface area contributed by atoms with Crippen LogP contribution in [0, 0.1) is 19.7 Å². The van der Waals surface area contributed by atoms with E-state index in [1.165, 1.54) is 16.2 Å². The molecule has 0 atom stereocenters. The fourth-order valence-electron chi connectivity index (χ4n) is 3.92. The van der Waals surface area contributed by atoms with Crippen molar-refractivity contribution in [3.8, 4) is 5.75 Å². The van der Waals surface area contributed by atoms with Crippen molar-refractivity contribution in [1.29, 1.82) is 0 Å². The van der Waals surface area contributed by atoms with E-state index in [1.807, 2.05) is 25.1 Å². The molecule has 0 saturated carbocycles. The lowest BCUT2D eigenvalue weighted by molar-refractivity contribution is -0.116. The maximum Gasteiger partial charge on any atom is 0.254 e. The van der Waals surface area contributed by atoms with Crippen LogP contribution in [0.5, 0.6) is 5.75 Å². The predicted octanol–water partition coefficient (Wildman–Crippen LogP) is 5.19. The zero-order valence-corrected chi connectivity index (χ0v) is 19.5. The summed E-state index contributed by atoms with van der Waals surface area (Å²) in [5, 5.41) is 3.53. The van der Waals surface area contributed by atoms with E-state index in [1.54, 1.807) is 32.2 Å². The molecule has 1 N–H and O–H groups in total. The molecule has 174 valence electrons. The number of benzene rings is 3. The molecule has 1 amide bonds. The molecule has 0 aliphatic carbocycles. The first-order valence-corrected chi connectivity index (χ1v) is 11.2. The van der Waals surface area contributed by atoms with Gasteiger partial charge in [0.1, 0.15) is 18.1 Å². The van der Waals surface area contributed by atoms with Crippen molar-refractivity contribution in [3.05, 3.63) is 105 Å². The van der Waals surface area contributed by atoms with Gasteiger partial charge in [0.15, 0.2) is 0 Å². The summed E-state index contributed by atoms with van der Waals surface area (Å²) >= 11 is 0. The lowest BCUT2D eigenvalue weighted by atomic mass is 10.0.